The number of nitrogens with zero attached hydrogens (tertiary/aromatic N) is 4. The number of fused-ring (bicyclic) bond motifs is 1. The molecule has 0 saturated heterocycles. The number of nitriles is 1. The van der Waals surface area contributed by atoms with Crippen molar-refractivity contribution < 1.29 is 4.79 Å². The summed E-state index contributed by atoms with van der Waals surface area (Å²) in [5.41, 5.74) is 4.58. The monoisotopic (exact) mass is 337 g/mol. The molecule has 1 aliphatic heterocycles. The summed E-state index contributed by atoms with van der Waals surface area (Å²) in [7, 11) is 0. The molecule has 0 saturated carbocycles. The van der Waals surface area contributed by atoms with E-state index in [0.29, 0.717) is 31.2 Å². The number of hydrogen-bond acceptors (Lipinski definition) is 4. The molecule has 1 aliphatic rings. The summed E-state index contributed by atoms with van der Waals surface area (Å²) < 4.78 is 1.85. The van der Waals surface area contributed by atoms with Gasteiger partial charge in [0.2, 0.25) is 5.91 Å². The summed E-state index contributed by atoms with van der Waals surface area (Å²) in [6, 6.07) is 9.97. The first-order valence-electron chi connectivity index (χ1n) is 8.56. The van der Waals surface area contributed by atoms with Gasteiger partial charge in [-0.3, -0.25) is 14.4 Å². The Morgan fingerprint density at radius 3 is 2.92 bits per heavy atom. The Hall–Kier alpha value is -2.65. The van der Waals surface area contributed by atoms with Gasteiger partial charge in [0.05, 0.1) is 18.8 Å². The quantitative estimate of drug-likeness (QED) is 0.931. The molecule has 0 radical (unpaired) electrons. The maximum absolute atomic E-state index is 12.6. The number of benzene rings is 1. The van der Waals surface area contributed by atoms with E-state index in [1.165, 1.54) is 0 Å². The minimum absolute atomic E-state index is 0.00956. The lowest BCUT2D eigenvalue weighted by Crippen LogP contribution is -2.39. The number of carbonyl (C=O) groups excluding carboxylic acids is 1. The lowest BCUT2D eigenvalue weighted by molar-refractivity contribution is -0.117. The molecule has 1 aromatic carbocycles. The molecule has 1 N–H and O–H groups in total. The van der Waals surface area contributed by atoms with E-state index in [1.807, 2.05) is 23.7 Å². The molecule has 1 amide bonds. The summed E-state index contributed by atoms with van der Waals surface area (Å²) in [4.78, 5) is 14.6. The molecule has 0 aliphatic carbocycles. The van der Waals surface area contributed by atoms with Crippen molar-refractivity contribution in [2.45, 2.75) is 39.8 Å². The van der Waals surface area contributed by atoms with Crippen molar-refractivity contribution in [1.82, 2.24) is 14.7 Å². The minimum Gasteiger partial charge on any atom is -0.324 e. The fourth-order valence-electron chi connectivity index (χ4n) is 3.23. The van der Waals surface area contributed by atoms with Gasteiger partial charge in [0.15, 0.2) is 5.69 Å². The number of anilines is 1. The number of aryl methyl sites for hydroxylation is 1. The molecule has 1 aromatic heterocycles. The molecule has 3 rings (SSSR count). The number of aromatic nitrogens is 2. The minimum atomic E-state index is -0.00956. The van der Waals surface area contributed by atoms with Gasteiger partial charge in [0, 0.05) is 18.8 Å². The van der Waals surface area contributed by atoms with Gasteiger partial charge in [0.1, 0.15) is 6.07 Å². The van der Waals surface area contributed by atoms with Gasteiger partial charge in [-0.25, -0.2) is 0 Å². The molecule has 0 bridgehead atoms. The molecule has 130 valence electrons. The number of nitrogens with one attached hydrogen (secondary N) is 1. The average Bonchev–Trinajstić information content (AvgIpc) is 2.98. The van der Waals surface area contributed by atoms with Gasteiger partial charge < -0.3 is 5.32 Å². The lowest BCUT2D eigenvalue weighted by Gasteiger charge is -2.27. The van der Waals surface area contributed by atoms with Gasteiger partial charge in [-0.15, -0.1) is 0 Å². The Morgan fingerprint density at radius 1 is 1.40 bits per heavy atom. The predicted octanol–water partition coefficient (Wildman–Crippen LogP) is 2.64. The van der Waals surface area contributed by atoms with Crippen LogP contribution in [-0.2, 0) is 17.9 Å². The van der Waals surface area contributed by atoms with Crippen LogP contribution in [-0.4, -0.2) is 33.7 Å². The molecule has 6 heteroatoms. The van der Waals surface area contributed by atoms with Crippen LogP contribution in [0.15, 0.2) is 24.3 Å². The van der Waals surface area contributed by atoms with E-state index in [9.17, 15) is 4.79 Å². The molecule has 2 aromatic rings. The van der Waals surface area contributed by atoms with Crippen LogP contribution < -0.4 is 5.32 Å². The summed E-state index contributed by atoms with van der Waals surface area (Å²) >= 11 is 0. The largest absolute Gasteiger partial charge is 0.324 e. The number of para-hydroxylation sites is 1. The van der Waals surface area contributed by atoms with Crippen molar-refractivity contribution in [2.75, 3.05) is 18.4 Å². The highest BCUT2D eigenvalue weighted by molar-refractivity contribution is 5.93. The Labute approximate surface area is 148 Å². The molecular formula is C19H23N5O. The summed E-state index contributed by atoms with van der Waals surface area (Å²) in [6.45, 7) is 8.69. The normalized spacial score (nSPS) is 14.2. The van der Waals surface area contributed by atoms with Crippen molar-refractivity contribution in [3.63, 3.8) is 0 Å². The second-order valence-electron chi connectivity index (χ2n) is 6.81. The van der Waals surface area contributed by atoms with Crippen LogP contribution in [0.2, 0.25) is 0 Å². The highest BCUT2D eigenvalue weighted by Gasteiger charge is 2.21. The van der Waals surface area contributed by atoms with Gasteiger partial charge in [-0.1, -0.05) is 32.0 Å². The van der Waals surface area contributed by atoms with Crippen LogP contribution in [0.25, 0.3) is 0 Å². The van der Waals surface area contributed by atoms with E-state index < -0.39 is 0 Å². The number of hydrogen-bond donors (Lipinski definition) is 1. The zero-order valence-corrected chi connectivity index (χ0v) is 14.9. The van der Waals surface area contributed by atoms with Gasteiger partial charge >= 0.3 is 0 Å². The van der Waals surface area contributed by atoms with Crippen LogP contribution >= 0.6 is 0 Å². The van der Waals surface area contributed by atoms with Crippen molar-refractivity contribution in [2.24, 2.45) is 0 Å². The van der Waals surface area contributed by atoms with Crippen molar-refractivity contribution in [1.29, 1.82) is 5.26 Å². The van der Waals surface area contributed by atoms with E-state index in [2.05, 4.69) is 41.3 Å². The van der Waals surface area contributed by atoms with Crippen molar-refractivity contribution >= 4 is 11.6 Å². The number of rotatable bonds is 4. The Morgan fingerprint density at radius 2 is 2.20 bits per heavy atom. The first-order valence-corrected chi connectivity index (χ1v) is 8.56. The Kier molecular flexibility index (Phi) is 4.86. The zero-order chi connectivity index (χ0) is 18.0. The summed E-state index contributed by atoms with van der Waals surface area (Å²) in [5, 5.41) is 16.3. The Balaban J connectivity index is 1.67. The van der Waals surface area contributed by atoms with E-state index >= 15 is 0 Å². The third-order valence-electron chi connectivity index (χ3n) is 4.55. The predicted molar refractivity (Wildman–Crippen MR) is 96.1 cm³/mol. The van der Waals surface area contributed by atoms with Gasteiger partial charge in [-0.05, 0) is 30.0 Å². The molecule has 6 nitrogen and oxygen atoms in total. The number of carbonyl (C=O) groups is 1. The topological polar surface area (TPSA) is 74.0 Å². The Bertz CT molecular complexity index is 831. The zero-order valence-electron chi connectivity index (χ0n) is 14.9. The van der Waals surface area contributed by atoms with Crippen LogP contribution in [0.3, 0.4) is 0 Å². The SMILES string of the molecule is Cc1cccc(C(C)C)c1NC(=O)CN1CCn2nc(C#N)cc2C1. The van der Waals surface area contributed by atoms with Gasteiger partial charge in [0.25, 0.3) is 0 Å². The first-order chi connectivity index (χ1) is 12.0. The molecule has 0 fully saturated rings. The smallest absolute Gasteiger partial charge is 0.238 e. The molecule has 0 unspecified atom stereocenters. The maximum Gasteiger partial charge on any atom is 0.238 e. The molecule has 0 spiro atoms. The maximum atomic E-state index is 12.6. The number of amides is 1. The fraction of sp³-hybridized carbons (Fsp3) is 0.421. The third kappa shape index (κ3) is 3.72. The van der Waals surface area contributed by atoms with E-state index in [0.717, 1.165) is 29.1 Å². The van der Waals surface area contributed by atoms with E-state index in [-0.39, 0.29) is 5.91 Å². The van der Waals surface area contributed by atoms with Crippen LogP contribution in [0.4, 0.5) is 5.69 Å². The summed E-state index contributed by atoms with van der Waals surface area (Å²) in [5.74, 6) is 0.341. The molecular weight excluding hydrogens is 314 g/mol. The molecule has 0 atom stereocenters. The second kappa shape index (κ2) is 7.08. The third-order valence-corrected chi connectivity index (χ3v) is 4.55. The van der Waals surface area contributed by atoms with E-state index in [1.54, 1.807) is 6.07 Å². The van der Waals surface area contributed by atoms with Crippen LogP contribution in [0.5, 0.6) is 0 Å². The van der Waals surface area contributed by atoms with Crippen molar-refractivity contribution in [3.05, 3.63) is 46.8 Å². The van der Waals surface area contributed by atoms with Gasteiger partial charge in [-0.2, -0.15) is 10.4 Å². The fourth-order valence-corrected chi connectivity index (χ4v) is 3.23. The highest BCUT2D eigenvalue weighted by Crippen LogP contribution is 2.27. The average molecular weight is 337 g/mol. The van der Waals surface area contributed by atoms with Crippen LogP contribution in [0, 0.1) is 18.3 Å². The highest BCUT2D eigenvalue weighted by atomic mass is 16.2. The molecule has 2 heterocycles. The standard InChI is InChI=1S/C19H23N5O/c1-13(2)17-6-4-5-14(3)19(17)21-18(25)12-23-7-8-24-16(11-23)9-15(10-20)22-24/h4-6,9,13H,7-8,11-12H2,1-3H3,(H,21,25). The van der Waals surface area contributed by atoms with Crippen molar-refractivity contribution in [3.8, 4) is 6.07 Å². The van der Waals surface area contributed by atoms with Crippen LogP contribution in [0.1, 0.15) is 42.3 Å². The summed E-state index contributed by atoms with van der Waals surface area (Å²) in [6.07, 6.45) is 0. The second-order valence-corrected chi connectivity index (χ2v) is 6.81. The lowest BCUT2D eigenvalue weighted by atomic mass is 9.98. The first kappa shape index (κ1) is 17.2. The molecule has 25 heavy (non-hydrogen) atoms. The van der Waals surface area contributed by atoms with E-state index in [4.69, 9.17) is 5.26 Å².